The molecule has 0 saturated heterocycles. The number of hydrogen-bond acceptors (Lipinski definition) is 4. The van der Waals surface area contributed by atoms with Gasteiger partial charge >= 0.3 is 5.97 Å². The first-order valence-corrected chi connectivity index (χ1v) is 7.05. The summed E-state index contributed by atoms with van der Waals surface area (Å²) in [5.74, 6) is 0.604. The fraction of sp³-hybridized carbons (Fsp3) is 0.929. The zero-order valence-electron chi connectivity index (χ0n) is 12.2. The fourth-order valence-corrected chi connectivity index (χ4v) is 1.89. The first-order chi connectivity index (χ1) is 8.52. The summed E-state index contributed by atoms with van der Waals surface area (Å²) in [6.07, 6.45) is 4.42. The van der Waals surface area contributed by atoms with Gasteiger partial charge in [-0.1, -0.05) is 13.8 Å². The lowest BCUT2D eigenvalue weighted by Crippen LogP contribution is -2.41. The summed E-state index contributed by atoms with van der Waals surface area (Å²) in [5, 5.41) is 3.36. The summed E-state index contributed by atoms with van der Waals surface area (Å²) in [6.45, 7) is 6.50. The third kappa shape index (κ3) is 6.36. The van der Waals surface area contributed by atoms with E-state index in [-0.39, 0.29) is 12.0 Å². The number of carbonyl (C=O) groups is 1. The van der Waals surface area contributed by atoms with Crippen molar-refractivity contribution in [2.75, 3.05) is 27.2 Å². The molecule has 1 rings (SSSR count). The highest BCUT2D eigenvalue weighted by Gasteiger charge is 2.28. The van der Waals surface area contributed by atoms with Crippen molar-refractivity contribution >= 4 is 5.97 Å². The number of rotatable bonds is 9. The molecule has 1 fully saturated rings. The highest BCUT2D eigenvalue weighted by Crippen LogP contribution is 2.20. The van der Waals surface area contributed by atoms with E-state index in [0.717, 1.165) is 25.4 Å². The van der Waals surface area contributed by atoms with Crippen LogP contribution in [0.1, 0.15) is 39.5 Å². The van der Waals surface area contributed by atoms with Gasteiger partial charge in [0.15, 0.2) is 0 Å². The van der Waals surface area contributed by atoms with Crippen LogP contribution in [0.25, 0.3) is 0 Å². The summed E-state index contributed by atoms with van der Waals surface area (Å²) in [5.41, 5.74) is 0. The van der Waals surface area contributed by atoms with Crippen LogP contribution >= 0.6 is 0 Å². The van der Waals surface area contributed by atoms with E-state index in [2.05, 4.69) is 31.1 Å². The Bertz CT molecular complexity index is 252. The third-order valence-electron chi connectivity index (χ3n) is 3.39. The number of carbonyl (C=O) groups excluding carboxylic acids is 1. The Morgan fingerprint density at radius 3 is 2.44 bits per heavy atom. The van der Waals surface area contributed by atoms with Crippen LogP contribution in [0.4, 0.5) is 0 Å². The van der Waals surface area contributed by atoms with E-state index >= 15 is 0 Å². The van der Waals surface area contributed by atoms with Crippen molar-refractivity contribution in [1.82, 2.24) is 10.2 Å². The number of esters is 1. The maximum Gasteiger partial charge on any atom is 0.322 e. The zero-order valence-corrected chi connectivity index (χ0v) is 12.2. The van der Waals surface area contributed by atoms with Crippen molar-refractivity contribution in [2.24, 2.45) is 5.92 Å². The minimum Gasteiger partial charge on any atom is -0.468 e. The van der Waals surface area contributed by atoms with Gasteiger partial charge in [0.2, 0.25) is 0 Å². The molecule has 18 heavy (non-hydrogen) atoms. The van der Waals surface area contributed by atoms with Gasteiger partial charge in [-0.15, -0.1) is 0 Å². The normalized spacial score (nSPS) is 17.2. The Morgan fingerprint density at radius 1 is 1.33 bits per heavy atom. The molecule has 1 saturated carbocycles. The Balaban J connectivity index is 2.24. The van der Waals surface area contributed by atoms with E-state index in [1.165, 1.54) is 26.4 Å². The predicted molar refractivity (Wildman–Crippen MR) is 73.5 cm³/mol. The molecular weight excluding hydrogens is 228 g/mol. The predicted octanol–water partition coefficient (Wildman–Crippen LogP) is 1.65. The molecule has 0 aromatic rings. The van der Waals surface area contributed by atoms with Crippen LogP contribution in [-0.2, 0) is 9.53 Å². The van der Waals surface area contributed by atoms with Crippen LogP contribution < -0.4 is 5.32 Å². The number of methoxy groups -OCH3 is 1. The second-order valence-corrected chi connectivity index (χ2v) is 5.79. The molecule has 0 spiro atoms. The smallest absolute Gasteiger partial charge is 0.322 e. The molecule has 1 aliphatic rings. The Kier molecular flexibility index (Phi) is 6.65. The van der Waals surface area contributed by atoms with Crippen LogP contribution in [0.5, 0.6) is 0 Å². The average molecular weight is 256 g/mol. The lowest BCUT2D eigenvalue weighted by Gasteiger charge is -2.21. The fourth-order valence-electron chi connectivity index (χ4n) is 1.89. The molecule has 0 radical (unpaired) electrons. The molecule has 4 heteroatoms. The standard InChI is InChI=1S/C14H28N2O2/c1-11(2)7-9-16(3)10-8-13(14(17)18-4)15-12-5-6-12/h11-13,15H,5-10H2,1-4H3. The van der Waals surface area contributed by atoms with E-state index < -0.39 is 0 Å². The maximum atomic E-state index is 11.7. The van der Waals surface area contributed by atoms with Crippen molar-refractivity contribution in [3.05, 3.63) is 0 Å². The largest absolute Gasteiger partial charge is 0.468 e. The summed E-state index contributed by atoms with van der Waals surface area (Å²) < 4.78 is 4.85. The zero-order chi connectivity index (χ0) is 13.5. The average Bonchev–Trinajstić information content (AvgIpc) is 3.14. The van der Waals surface area contributed by atoms with Gasteiger partial charge < -0.3 is 15.0 Å². The van der Waals surface area contributed by atoms with E-state index in [0.29, 0.717) is 6.04 Å². The summed E-state index contributed by atoms with van der Waals surface area (Å²) in [6, 6.07) is 0.402. The number of nitrogens with one attached hydrogen (secondary N) is 1. The van der Waals surface area contributed by atoms with Crippen LogP contribution in [0.3, 0.4) is 0 Å². The monoisotopic (exact) mass is 256 g/mol. The lowest BCUT2D eigenvalue weighted by molar-refractivity contribution is -0.143. The summed E-state index contributed by atoms with van der Waals surface area (Å²) >= 11 is 0. The van der Waals surface area contributed by atoms with E-state index in [9.17, 15) is 4.79 Å². The number of nitrogens with zero attached hydrogens (tertiary/aromatic N) is 1. The second kappa shape index (κ2) is 7.74. The highest BCUT2D eigenvalue weighted by molar-refractivity contribution is 5.75. The van der Waals surface area contributed by atoms with Crippen molar-refractivity contribution in [3.8, 4) is 0 Å². The van der Waals surface area contributed by atoms with E-state index in [4.69, 9.17) is 4.74 Å². The van der Waals surface area contributed by atoms with E-state index in [1.54, 1.807) is 0 Å². The molecule has 0 amide bonds. The molecular formula is C14H28N2O2. The lowest BCUT2D eigenvalue weighted by atomic mass is 10.1. The second-order valence-electron chi connectivity index (χ2n) is 5.79. The molecule has 0 heterocycles. The first-order valence-electron chi connectivity index (χ1n) is 7.05. The van der Waals surface area contributed by atoms with Crippen molar-refractivity contribution in [1.29, 1.82) is 0 Å². The van der Waals surface area contributed by atoms with Crippen molar-refractivity contribution < 1.29 is 9.53 Å². The number of ether oxygens (including phenoxy) is 1. The van der Waals surface area contributed by atoms with Gasteiger partial charge in [-0.25, -0.2) is 0 Å². The quantitative estimate of drug-likeness (QED) is 0.637. The Labute approximate surface area is 111 Å². The van der Waals surface area contributed by atoms with Crippen LogP contribution in [0.2, 0.25) is 0 Å². The molecule has 0 aliphatic heterocycles. The molecule has 1 N–H and O–H groups in total. The number of hydrogen-bond donors (Lipinski definition) is 1. The van der Waals surface area contributed by atoms with Gasteiger partial charge in [0.1, 0.15) is 6.04 Å². The Hall–Kier alpha value is -0.610. The molecule has 1 aliphatic carbocycles. The topological polar surface area (TPSA) is 41.6 Å². The molecule has 1 unspecified atom stereocenters. The molecule has 0 aromatic carbocycles. The van der Waals surface area contributed by atoms with Gasteiger partial charge in [0.05, 0.1) is 7.11 Å². The van der Waals surface area contributed by atoms with Gasteiger partial charge in [0, 0.05) is 6.04 Å². The Morgan fingerprint density at radius 2 is 1.94 bits per heavy atom. The summed E-state index contributed by atoms with van der Waals surface area (Å²) in [7, 11) is 3.58. The molecule has 106 valence electrons. The van der Waals surface area contributed by atoms with Crippen molar-refractivity contribution in [3.63, 3.8) is 0 Å². The van der Waals surface area contributed by atoms with Gasteiger partial charge in [-0.2, -0.15) is 0 Å². The van der Waals surface area contributed by atoms with Crippen LogP contribution in [-0.4, -0.2) is 50.2 Å². The summed E-state index contributed by atoms with van der Waals surface area (Å²) in [4.78, 5) is 13.9. The molecule has 1 atom stereocenters. The van der Waals surface area contributed by atoms with Gasteiger partial charge in [-0.05, 0) is 51.7 Å². The first kappa shape index (κ1) is 15.4. The molecule has 0 aromatic heterocycles. The van der Waals surface area contributed by atoms with E-state index in [1.807, 2.05) is 0 Å². The van der Waals surface area contributed by atoms with Crippen LogP contribution in [0, 0.1) is 5.92 Å². The molecule has 4 nitrogen and oxygen atoms in total. The minimum absolute atomic E-state index is 0.126. The third-order valence-corrected chi connectivity index (χ3v) is 3.39. The maximum absolute atomic E-state index is 11.7. The van der Waals surface area contributed by atoms with Crippen molar-refractivity contribution in [2.45, 2.75) is 51.6 Å². The van der Waals surface area contributed by atoms with Gasteiger partial charge in [0.25, 0.3) is 0 Å². The highest BCUT2D eigenvalue weighted by atomic mass is 16.5. The SMILES string of the molecule is COC(=O)C(CCN(C)CCC(C)C)NC1CC1. The van der Waals surface area contributed by atoms with Crippen LogP contribution in [0.15, 0.2) is 0 Å². The van der Waals surface area contributed by atoms with Gasteiger partial charge in [-0.3, -0.25) is 4.79 Å². The molecule has 0 bridgehead atoms. The minimum atomic E-state index is -0.135.